The van der Waals surface area contributed by atoms with Crippen molar-refractivity contribution in [3.63, 3.8) is 0 Å². The molecule has 0 saturated carbocycles. The zero-order chi connectivity index (χ0) is 16.8. The topological polar surface area (TPSA) is 58.6 Å². The zero-order valence-corrected chi connectivity index (χ0v) is 13.3. The number of methoxy groups -OCH3 is 1. The number of hydrogen-bond acceptors (Lipinski definition) is 4. The fraction of sp³-hybridized carbons (Fsp3) is 0.235. The molecule has 0 aliphatic rings. The lowest BCUT2D eigenvalue weighted by atomic mass is 10.1. The number of esters is 1. The number of carbonyl (C=O) groups is 1. The van der Waals surface area contributed by atoms with E-state index in [4.69, 9.17) is 11.6 Å². The monoisotopic (exact) mass is 337 g/mol. The molecule has 122 valence electrons. The summed E-state index contributed by atoms with van der Waals surface area (Å²) < 4.78 is 18.1. The SMILES string of the molecule is COC(=O)c1ccc(CNC(CO)c2ccc(Cl)c(F)c2)cc1. The Morgan fingerprint density at radius 1 is 1.30 bits per heavy atom. The van der Waals surface area contributed by atoms with E-state index >= 15 is 0 Å². The Labute approximate surface area is 138 Å². The number of aliphatic hydroxyl groups is 1. The van der Waals surface area contributed by atoms with Gasteiger partial charge in [0, 0.05) is 6.54 Å². The minimum atomic E-state index is -0.521. The quantitative estimate of drug-likeness (QED) is 0.795. The van der Waals surface area contributed by atoms with Crippen LogP contribution in [0.3, 0.4) is 0 Å². The van der Waals surface area contributed by atoms with Crippen LogP contribution >= 0.6 is 11.6 Å². The molecule has 1 atom stereocenters. The van der Waals surface area contributed by atoms with E-state index in [1.165, 1.54) is 19.2 Å². The highest BCUT2D eigenvalue weighted by Gasteiger charge is 2.12. The summed E-state index contributed by atoms with van der Waals surface area (Å²) in [6.45, 7) is 0.276. The van der Waals surface area contributed by atoms with Crippen LogP contribution in [-0.2, 0) is 11.3 Å². The molecule has 0 saturated heterocycles. The van der Waals surface area contributed by atoms with Gasteiger partial charge in [0.1, 0.15) is 5.82 Å². The van der Waals surface area contributed by atoms with E-state index in [0.717, 1.165) is 5.56 Å². The lowest BCUT2D eigenvalue weighted by Gasteiger charge is -2.17. The van der Waals surface area contributed by atoms with Crippen LogP contribution in [0.1, 0.15) is 27.5 Å². The summed E-state index contributed by atoms with van der Waals surface area (Å²) in [5, 5.41) is 12.7. The molecule has 2 aromatic carbocycles. The van der Waals surface area contributed by atoms with Gasteiger partial charge in [-0.1, -0.05) is 29.8 Å². The fourth-order valence-corrected chi connectivity index (χ4v) is 2.25. The van der Waals surface area contributed by atoms with Gasteiger partial charge >= 0.3 is 5.97 Å². The van der Waals surface area contributed by atoms with Gasteiger partial charge in [0.25, 0.3) is 0 Å². The lowest BCUT2D eigenvalue weighted by Crippen LogP contribution is -2.24. The highest BCUT2D eigenvalue weighted by molar-refractivity contribution is 6.30. The smallest absolute Gasteiger partial charge is 0.337 e. The molecule has 0 heterocycles. The fourth-order valence-electron chi connectivity index (χ4n) is 2.13. The van der Waals surface area contributed by atoms with E-state index in [9.17, 15) is 14.3 Å². The van der Waals surface area contributed by atoms with Crippen LogP contribution in [0.2, 0.25) is 5.02 Å². The first-order chi connectivity index (χ1) is 11.0. The molecule has 6 heteroatoms. The maximum atomic E-state index is 13.5. The number of rotatable bonds is 6. The molecule has 0 spiro atoms. The molecule has 4 nitrogen and oxygen atoms in total. The molecule has 0 aliphatic heterocycles. The van der Waals surface area contributed by atoms with Gasteiger partial charge in [0.05, 0.1) is 30.3 Å². The van der Waals surface area contributed by atoms with Crippen molar-refractivity contribution in [2.24, 2.45) is 0 Å². The number of aliphatic hydroxyl groups excluding tert-OH is 1. The second-order valence-corrected chi connectivity index (χ2v) is 5.39. The number of hydrogen-bond donors (Lipinski definition) is 2. The summed E-state index contributed by atoms with van der Waals surface area (Å²) in [6, 6.07) is 10.9. The van der Waals surface area contributed by atoms with Crippen LogP contribution in [0.4, 0.5) is 4.39 Å². The largest absolute Gasteiger partial charge is 0.465 e. The van der Waals surface area contributed by atoms with Gasteiger partial charge < -0.3 is 15.2 Å². The highest BCUT2D eigenvalue weighted by atomic mass is 35.5. The first-order valence-corrected chi connectivity index (χ1v) is 7.39. The van der Waals surface area contributed by atoms with Crippen molar-refractivity contribution in [2.45, 2.75) is 12.6 Å². The number of benzene rings is 2. The Balaban J connectivity index is 2.02. The van der Waals surface area contributed by atoms with Gasteiger partial charge in [-0.3, -0.25) is 0 Å². The number of ether oxygens (including phenoxy) is 1. The predicted molar refractivity (Wildman–Crippen MR) is 85.9 cm³/mol. The summed E-state index contributed by atoms with van der Waals surface area (Å²) in [5.41, 5.74) is 2.00. The van der Waals surface area contributed by atoms with Crippen LogP contribution in [0.5, 0.6) is 0 Å². The van der Waals surface area contributed by atoms with Gasteiger partial charge in [-0.05, 0) is 35.4 Å². The predicted octanol–water partition coefficient (Wildman–Crippen LogP) is 3.09. The van der Waals surface area contributed by atoms with E-state index < -0.39 is 17.8 Å². The maximum Gasteiger partial charge on any atom is 0.337 e. The number of nitrogens with one attached hydrogen (secondary N) is 1. The van der Waals surface area contributed by atoms with Crippen LogP contribution in [0, 0.1) is 5.82 Å². The molecule has 0 bridgehead atoms. The minimum absolute atomic E-state index is 0.0452. The van der Waals surface area contributed by atoms with Gasteiger partial charge in [0.15, 0.2) is 0 Å². The molecular weight excluding hydrogens is 321 g/mol. The van der Waals surface area contributed by atoms with Gasteiger partial charge in [-0.15, -0.1) is 0 Å². The molecule has 1 unspecified atom stereocenters. The number of halogens is 2. The van der Waals surface area contributed by atoms with Crippen molar-refractivity contribution in [3.05, 3.63) is 70.0 Å². The standard InChI is InChI=1S/C17H17ClFNO3/c1-23-17(22)12-4-2-11(3-5-12)9-20-16(10-21)13-6-7-14(18)15(19)8-13/h2-8,16,20-21H,9-10H2,1H3. The maximum absolute atomic E-state index is 13.5. The van der Waals surface area contributed by atoms with Crippen molar-refractivity contribution in [1.82, 2.24) is 5.32 Å². The van der Waals surface area contributed by atoms with Gasteiger partial charge in [-0.2, -0.15) is 0 Å². The molecule has 0 fully saturated rings. The Morgan fingerprint density at radius 3 is 2.57 bits per heavy atom. The van der Waals surface area contributed by atoms with Crippen LogP contribution in [-0.4, -0.2) is 24.8 Å². The Morgan fingerprint density at radius 2 is 2.00 bits per heavy atom. The third-order valence-corrected chi connectivity index (χ3v) is 3.76. The molecular formula is C17H17ClFNO3. The first-order valence-electron chi connectivity index (χ1n) is 7.01. The summed E-state index contributed by atoms with van der Waals surface area (Å²) >= 11 is 5.66. The van der Waals surface area contributed by atoms with Crippen molar-refractivity contribution in [1.29, 1.82) is 0 Å². The highest BCUT2D eigenvalue weighted by Crippen LogP contribution is 2.20. The summed E-state index contributed by atoms with van der Waals surface area (Å²) in [7, 11) is 1.33. The molecule has 2 rings (SSSR count). The Hall–Kier alpha value is -1.95. The molecule has 0 radical (unpaired) electrons. The van der Waals surface area contributed by atoms with Crippen LogP contribution in [0.15, 0.2) is 42.5 Å². The molecule has 0 amide bonds. The van der Waals surface area contributed by atoms with E-state index in [-0.39, 0.29) is 11.6 Å². The normalized spacial score (nSPS) is 12.0. The summed E-state index contributed by atoms with van der Waals surface area (Å²) in [4.78, 5) is 11.4. The molecule has 0 aromatic heterocycles. The second-order valence-electron chi connectivity index (χ2n) is 4.98. The van der Waals surface area contributed by atoms with Crippen molar-refractivity contribution in [3.8, 4) is 0 Å². The van der Waals surface area contributed by atoms with Crippen LogP contribution < -0.4 is 5.32 Å². The Kier molecular flexibility index (Phi) is 6.10. The average Bonchev–Trinajstić information content (AvgIpc) is 2.58. The number of carbonyl (C=O) groups excluding carboxylic acids is 1. The zero-order valence-electron chi connectivity index (χ0n) is 12.6. The first kappa shape index (κ1) is 17.4. The van der Waals surface area contributed by atoms with Crippen molar-refractivity contribution in [2.75, 3.05) is 13.7 Å². The molecule has 2 aromatic rings. The van der Waals surface area contributed by atoms with E-state index in [0.29, 0.717) is 17.7 Å². The van der Waals surface area contributed by atoms with E-state index in [2.05, 4.69) is 10.1 Å². The van der Waals surface area contributed by atoms with Gasteiger partial charge in [0.2, 0.25) is 0 Å². The third kappa shape index (κ3) is 4.51. The average molecular weight is 338 g/mol. The minimum Gasteiger partial charge on any atom is -0.465 e. The Bertz CT molecular complexity index is 676. The van der Waals surface area contributed by atoms with Crippen molar-refractivity contribution >= 4 is 17.6 Å². The van der Waals surface area contributed by atoms with E-state index in [1.807, 2.05) is 0 Å². The molecule has 0 aliphatic carbocycles. The van der Waals surface area contributed by atoms with Crippen molar-refractivity contribution < 1.29 is 19.0 Å². The third-order valence-electron chi connectivity index (χ3n) is 3.46. The molecule has 2 N–H and O–H groups in total. The van der Waals surface area contributed by atoms with Crippen LogP contribution in [0.25, 0.3) is 0 Å². The van der Waals surface area contributed by atoms with E-state index in [1.54, 1.807) is 30.3 Å². The summed E-state index contributed by atoms with van der Waals surface area (Å²) in [5.74, 6) is -0.916. The van der Waals surface area contributed by atoms with Gasteiger partial charge in [-0.25, -0.2) is 9.18 Å². The summed E-state index contributed by atoms with van der Waals surface area (Å²) in [6.07, 6.45) is 0. The second kappa shape index (κ2) is 8.06. The lowest BCUT2D eigenvalue weighted by molar-refractivity contribution is 0.0600. The molecule has 23 heavy (non-hydrogen) atoms.